The monoisotopic (exact) mass is 349 g/mol. The van der Waals surface area contributed by atoms with E-state index in [1.807, 2.05) is 22.9 Å². The molecule has 1 fully saturated rings. The second-order valence-electron chi connectivity index (χ2n) is 5.62. The van der Waals surface area contributed by atoms with Crippen LogP contribution >= 0.6 is 22.7 Å². The van der Waals surface area contributed by atoms with E-state index >= 15 is 0 Å². The third-order valence-electron chi connectivity index (χ3n) is 3.97. The second kappa shape index (κ2) is 7.81. The van der Waals surface area contributed by atoms with Crippen molar-refractivity contribution in [1.82, 2.24) is 9.88 Å². The molecule has 0 aromatic carbocycles. The number of anilines is 1. The highest BCUT2D eigenvalue weighted by atomic mass is 32.1. The van der Waals surface area contributed by atoms with Crippen LogP contribution < -0.4 is 5.32 Å². The van der Waals surface area contributed by atoms with E-state index in [0.29, 0.717) is 18.1 Å². The van der Waals surface area contributed by atoms with Crippen LogP contribution in [0.3, 0.4) is 0 Å². The fourth-order valence-corrected chi connectivity index (χ4v) is 4.11. The maximum atomic E-state index is 12.5. The molecule has 1 aliphatic heterocycles. The lowest BCUT2D eigenvalue weighted by atomic mass is 9.93. The number of rotatable bonds is 6. The van der Waals surface area contributed by atoms with Gasteiger partial charge in [-0.1, -0.05) is 6.07 Å². The molecule has 0 aliphatic carbocycles. The molecule has 0 bridgehead atoms. The normalized spacial score (nSPS) is 18.7. The second-order valence-corrected chi connectivity index (χ2v) is 7.46. The van der Waals surface area contributed by atoms with Gasteiger partial charge in [0.1, 0.15) is 0 Å². The highest BCUT2D eigenvalue weighted by Crippen LogP contribution is 2.23. The fourth-order valence-electron chi connectivity index (χ4n) is 2.82. The third-order valence-corrected chi connectivity index (χ3v) is 5.55. The van der Waals surface area contributed by atoms with E-state index in [2.05, 4.69) is 15.2 Å². The fraction of sp³-hybridized carbons (Fsp3) is 0.438. The first-order chi connectivity index (χ1) is 11.2. The van der Waals surface area contributed by atoms with Crippen LogP contribution in [0, 0.1) is 5.92 Å². The maximum Gasteiger partial charge on any atom is 0.227 e. The van der Waals surface area contributed by atoms with Gasteiger partial charge in [0.15, 0.2) is 10.9 Å². The Morgan fingerprint density at radius 2 is 2.26 bits per heavy atom. The van der Waals surface area contributed by atoms with Gasteiger partial charge in [-0.05, 0) is 30.8 Å². The molecule has 0 spiro atoms. The summed E-state index contributed by atoms with van der Waals surface area (Å²) in [6, 6.07) is 3.81. The molecule has 0 saturated carbocycles. The number of amides is 1. The number of carbonyl (C=O) groups is 2. The van der Waals surface area contributed by atoms with Crippen molar-refractivity contribution in [1.29, 1.82) is 0 Å². The molecule has 1 amide bonds. The van der Waals surface area contributed by atoms with E-state index in [1.54, 1.807) is 6.20 Å². The van der Waals surface area contributed by atoms with Gasteiger partial charge in [-0.2, -0.15) is 0 Å². The van der Waals surface area contributed by atoms with Gasteiger partial charge in [-0.15, -0.1) is 22.7 Å². The number of aromatic nitrogens is 1. The van der Waals surface area contributed by atoms with Crippen molar-refractivity contribution >= 4 is 39.5 Å². The maximum absolute atomic E-state index is 12.5. The van der Waals surface area contributed by atoms with Gasteiger partial charge < -0.3 is 10.2 Å². The molecule has 1 N–H and O–H groups in total. The summed E-state index contributed by atoms with van der Waals surface area (Å²) in [5, 5.41) is 7.21. The van der Waals surface area contributed by atoms with Crippen LogP contribution in [-0.2, 0) is 4.79 Å². The minimum absolute atomic E-state index is 0.0216. The lowest BCUT2D eigenvalue weighted by molar-refractivity contribution is -0.116. The van der Waals surface area contributed by atoms with Gasteiger partial charge in [0.2, 0.25) is 5.91 Å². The lowest BCUT2D eigenvalue weighted by Crippen LogP contribution is -2.40. The predicted octanol–water partition coefficient (Wildman–Crippen LogP) is 3.13. The first kappa shape index (κ1) is 16.3. The number of thiophene rings is 1. The molecule has 1 aliphatic rings. The number of thiazole rings is 1. The van der Waals surface area contributed by atoms with Crippen molar-refractivity contribution in [3.05, 3.63) is 34.0 Å². The Morgan fingerprint density at radius 1 is 1.35 bits per heavy atom. The van der Waals surface area contributed by atoms with E-state index in [9.17, 15) is 9.59 Å². The zero-order chi connectivity index (χ0) is 16.1. The molecule has 2 aromatic heterocycles. The summed E-state index contributed by atoms with van der Waals surface area (Å²) in [6.07, 6.45) is 4.06. The SMILES string of the molecule is O=C(CCN1CCCC(C(=O)c2cccs2)C1)Nc1nccs1. The van der Waals surface area contributed by atoms with Crippen LogP contribution in [0.4, 0.5) is 5.13 Å². The minimum atomic E-state index is -0.0216. The summed E-state index contributed by atoms with van der Waals surface area (Å²) in [7, 11) is 0. The highest BCUT2D eigenvalue weighted by molar-refractivity contribution is 7.13. The molecule has 0 radical (unpaired) electrons. The first-order valence-electron chi connectivity index (χ1n) is 7.72. The molecule has 3 heterocycles. The summed E-state index contributed by atoms with van der Waals surface area (Å²) in [6.45, 7) is 2.39. The highest BCUT2D eigenvalue weighted by Gasteiger charge is 2.27. The number of ketones is 1. The molecular formula is C16H19N3O2S2. The molecule has 23 heavy (non-hydrogen) atoms. The molecule has 1 unspecified atom stereocenters. The Bertz CT molecular complexity index is 640. The summed E-state index contributed by atoms with van der Waals surface area (Å²) < 4.78 is 0. The van der Waals surface area contributed by atoms with Crippen molar-refractivity contribution in [3.8, 4) is 0 Å². The lowest BCUT2D eigenvalue weighted by Gasteiger charge is -2.31. The summed E-state index contributed by atoms with van der Waals surface area (Å²) >= 11 is 2.92. The van der Waals surface area contributed by atoms with Crippen LogP contribution in [0.2, 0.25) is 0 Å². The number of hydrogen-bond acceptors (Lipinski definition) is 6. The van der Waals surface area contributed by atoms with Gasteiger partial charge in [0, 0.05) is 37.0 Å². The Morgan fingerprint density at radius 3 is 3.00 bits per heavy atom. The molecule has 7 heteroatoms. The van der Waals surface area contributed by atoms with Crippen molar-refractivity contribution in [2.45, 2.75) is 19.3 Å². The first-order valence-corrected chi connectivity index (χ1v) is 9.48. The summed E-state index contributed by atoms with van der Waals surface area (Å²) in [5.74, 6) is 0.285. The topological polar surface area (TPSA) is 62.3 Å². The number of nitrogens with one attached hydrogen (secondary N) is 1. The Labute approximate surface area is 143 Å². The Kier molecular flexibility index (Phi) is 5.53. The summed E-state index contributed by atoms with van der Waals surface area (Å²) in [5.41, 5.74) is 0. The molecule has 122 valence electrons. The van der Waals surface area contributed by atoms with Gasteiger partial charge in [0.25, 0.3) is 0 Å². The van der Waals surface area contributed by atoms with E-state index in [-0.39, 0.29) is 17.6 Å². The van der Waals surface area contributed by atoms with Crippen molar-refractivity contribution in [3.63, 3.8) is 0 Å². The van der Waals surface area contributed by atoms with Gasteiger partial charge in [-0.3, -0.25) is 9.59 Å². The van der Waals surface area contributed by atoms with Crippen LogP contribution in [0.25, 0.3) is 0 Å². The average molecular weight is 349 g/mol. The van der Waals surface area contributed by atoms with E-state index in [4.69, 9.17) is 0 Å². The van der Waals surface area contributed by atoms with Crippen LogP contribution in [-0.4, -0.2) is 41.2 Å². The number of likely N-dealkylation sites (tertiary alicyclic amines) is 1. The van der Waals surface area contributed by atoms with Crippen molar-refractivity contribution < 1.29 is 9.59 Å². The quantitative estimate of drug-likeness (QED) is 0.814. The zero-order valence-corrected chi connectivity index (χ0v) is 14.4. The molecular weight excluding hydrogens is 330 g/mol. The minimum Gasteiger partial charge on any atom is -0.302 e. The molecule has 1 saturated heterocycles. The number of carbonyl (C=O) groups excluding carboxylic acids is 2. The predicted molar refractivity (Wildman–Crippen MR) is 93.2 cm³/mol. The number of hydrogen-bond donors (Lipinski definition) is 1. The van der Waals surface area contributed by atoms with Gasteiger partial charge >= 0.3 is 0 Å². The Hall–Kier alpha value is -1.57. The van der Waals surface area contributed by atoms with E-state index in [0.717, 1.165) is 30.8 Å². The zero-order valence-electron chi connectivity index (χ0n) is 12.7. The number of piperidine rings is 1. The van der Waals surface area contributed by atoms with Crippen LogP contribution in [0.5, 0.6) is 0 Å². The third kappa shape index (κ3) is 4.46. The number of nitrogens with zero attached hydrogens (tertiary/aromatic N) is 2. The van der Waals surface area contributed by atoms with Crippen LogP contribution in [0.1, 0.15) is 28.9 Å². The Balaban J connectivity index is 1.47. The van der Waals surface area contributed by atoms with Crippen molar-refractivity contribution in [2.24, 2.45) is 5.92 Å². The standard InChI is InChI=1S/C16H19N3O2S2/c20-14(18-16-17-6-10-23-16)5-8-19-7-1-3-12(11-19)15(21)13-4-2-9-22-13/h2,4,6,9-10,12H,1,3,5,7-8,11H2,(H,17,18,20). The number of Topliss-reactive ketones (excluding diaryl/α,β-unsaturated/α-hetero) is 1. The van der Waals surface area contributed by atoms with E-state index < -0.39 is 0 Å². The molecule has 5 nitrogen and oxygen atoms in total. The van der Waals surface area contributed by atoms with E-state index in [1.165, 1.54) is 22.7 Å². The molecule has 3 rings (SSSR count). The van der Waals surface area contributed by atoms with Gasteiger partial charge in [0.05, 0.1) is 4.88 Å². The molecule has 2 aromatic rings. The smallest absolute Gasteiger partial charge is 0.227 e. The van der Waals surface area contributed by atoms with Crippen molar-refractivity contribution in [2.75, 3.05) is 25.0 Å². The van der Waals surface area contributed by atoms with Gasteiger partial charge in [-0.25, -0.2) is 4.98 Å². The average Bonchev–Trinajstić information content (AvgIpc) is 3.26. The summed E-state index contributed by atoms with van der Waals surface area (Å²) in [4.78, 5) is 31.5. The van der Waals surface area contributed by atoms with Crippen LogP contribution in [0.15, 0.2) is 29.1 Å². The molecule has 1 atom stereocenters. The largest absolute Gasteiger partial charge is 0.302 e.